The molecule has 3 heterocycles. The van der Waals surface area contributed by atoms with Crippen LogP contribution in [0.15, 0.2) is 62.6 Å². The molecule has 1 aromatic carbocycles. The number of aromatic amines is 1. The predicted octanol–water partition coefficient (Wildman–Crippen LogP) is 3.59. The van der Waals surface area contributed by atoms with Crippen molar-refractivity contribution in [3.8, 4) is 17.3 Å². The minimum Gasteiger partial charge on any atom is -0.425 e. The second-order valence-corrected chi connectivity index (χ2v) is 7.03. The molecule has 0 saturated carbocycles. The number of fused-ring (bicyclic) bond motifs is 1. The number of benzene rings is 1. The number of H-pyrrole nitrogens is 1. The molecule has 0 bridgehead atoms. The molecule has 0 spiro atoms. The maximum Gasteiger partial charge on any atom is 0.415 e. The number of nitrogens with one attached hydrogen (secondary N) is 2. The molecule has 0 aliphatic heterocycles. The van der Waals surface area contributed by atoms with Crippen molar-refractivity contribution < 1.29 is 13.9 Å². The van der Waals surface area contributed by atoms with Gasteiger partial charge in [-0.2, -0.15) is 0 Å². The topological polar surface area (TPSA) is 123 Å². The predicted molar refractivity (Wildman–Crippen MR) is 107 cm³/mol. The summed E-state index contributed by atoms with van der Waals surface area (Å²) in [5, 5.41) is 3.40. The third kappa shape index (κ3) is 4.32. The fourth-order valence-electron chi connectivity index (χ4n) is 2.66. The normalized spacial score (nSPS) is 11.9. The molecule has 9 nitrogen and oxygen atoms in total. The summed E-state index contributed by atoms with van der Waals surface area (Å²) in [7, 11) is 0. The molecule has 1 atom stereocenters. The van der Waals surface area contributed by atoms with Gasteiger partial charge in [-0.05, 0) is 31.2 Å². The summed E-state index contributed by atoms with van der Waals surface area (Å²) in [5.41, 5.74) is 1.09. The van der Waals surface area contributed by atoms with Gasteiger partial charge in [0.2, 0.25) is 0 Å². The molecule has 4 aromatic rings. The van der Waals surface area contributed by atoms with Gasteiger partial charge in [0.25, 0.3) is 11.5 Å². The van der Waals surface area contributed by atoms with E-state index >= 15 is 0 Å². The van der Waals surface area contributed by atoms with Gasteiger partial charge < -0.3 is 19.5 Å². The molecule has 1 amide bonds. The Kier molecular flexibility index (Phi) is 5.09. The van der Waals surface area contributed by atoms with Gasteiger partial charge in [-0.3, -0.25) is 4.79 Å². The van der Waals surface area contributed by atoms with Crippen LogP contribution in [0.25, 0.3) is 22.4 Å². The molecule has 29 heavy (non-hydrogen) atoms. The Balaban J connectivity index is 1.49. The lowest BCUT2D eigenvalue weighted by Gasteiger charge is -2.13. The summed E-state index contributed by atoms with van der Waals surface area (Å²) in [4.78, 5) is 39.1. The zero-order valence-electron chi connectivity index (χ0n) is 15.0. The number of furan rings is 1. The first-order valence-electron chi connectivity index (χ1n) is 8.53. The molecule has 0 radical (unpaired) electrons. The maximum absolute atomic E-state index is 12.2. The second-order valence-electron chi connectivity index (χ2n) is 6.11. The monoisotopic (exact) mass is 455 g/mol. The number of nitrogens with zero attached hydrogens (tertiary/aromatic N) is 3. The number of aromatic nitrogens is 4. The van der Waals surface area contributed by atoms with E-state index in [0.29, 0.717) is 17.0 Å². The van der Waals surface area contributed by atoms with Crippen LogP contribution in [-0.4, -0.2) is 26.0 Å². The Labute approximate surface area is 172 Å². The molecule has 146 valence electrons. The average Bonchev–Trinajstić information content (AvgIpc) is 3.09. The highest BCUT2D eigenvalue weighted by molar-refractivity contribution is 9.10. The largest absolute Gasteiger partial charge is 0.425 e. The summed E-state index contributed by atoms with van der Waals surface area (Å²) in [5.74, 6) is 0.315. The molecule has 10 heteroatoms. The van der Waals surface area contributed by atoms with Crippen LogP contribution in [0.1, 0.15) is 18.8 Å². The number of hydrogen-bond donors (Lipinski definition) is 2. The fraction of sp³-hybridized carbons (Fsp3) is 0.105. The Bertz CT molecular complexity index is 1240. The second kappa shape index (κ2) is 7.84. The van der Waals surface area contributed by atoms with Crippen LogP contribution in [0.3, 0.4) is 0 Å². The van der Waals surface area contributed by atoms with Crippen LogP contribution >= 0.6 is 15.9 Å². The quantitative estimate of drug-likeness (QED) is 0.481. The van der Waals surface area contributed by atoms with Crippen molar-refractivity contribution in [3.63, 3.8) is 0 Å². The molecule has 3 aromatic heterocycles. The Morgan fingerprint density at radius 3 is 2.90 bits per heavy atom. The van der Waals surface area contributed by atoms with Crippen molar-refractivity contribution in [2.45, 2.75) is 13.0 Å². The van der Waals surface area contributed by atoms with Crippen molar-refractivity contribution in [2.75, 3.05) is 0 Å². The zero-order valence-corrected chi connectivity index (χ0v) is 16.6. The maximum atomic E-state index is 12.2. The van der Waals surface area contributed by atoms with Crippen LogP contribution in [-0.2, 0) is 0 Å². The van der Waals surface area contributed by atoms with E-state index in [9.17, 15) is 9.59 Å². The van der Waals surface area contributed by atoms with Gasteiger partial charge in [-0.1, -0.05) is 15.9 Å². The third-order valence-corrected chi connectivity index (χ3v) is 4.49. The summed E-state index contributed by atoms with van der Waals surface area (Å²) >= 11 is 3.37. The van der Waals surface area contributed by atoms with E-state index in [1.165, 1.54) is 12.4 Å². The van der Waals surface area contributed by atoms with Crippen molar-refractivity contribution in [3.05, 3.63) is 69.6 Å². The summed E-state index contributed by atoms with van der Waals surface area (Å²) in [6, 6.07) is 9.38. The summed E-state index contributed by atoms with van der Waals surface area (Å²) < 4.78 is 11.6. The van der Waals surface area contributed by atoms with Crippen molar-refractivity contribution >= 4 is 33.0 Å². The van der Waals surface area contributed by atoms with E-state index in [-0.39, 0.29) is 17.3 Å². The zero-order chi connectivity index (χ0) is 20.4. The number of halogens is 1. The van der Waals surface area contributed by atoms with Crippen LogP contribution in [0.4, 0.5) is 4.79 Å². The highest BCUT2D eigenvalue weighted by atomic mass is 79.9. The number of ether oxygens (including phenoxy) is 1. The van der Waals surface area contributed by atoms with E-state index in [0.717, 1.165) is 9.86 Å². The molecule has 0 aliphatic rings. The lowest BCUT2D eigenvalue weighted by molar-refractivity contribution is 0.185. The van der Waals surface area contributed by atoms with Gasteiger partial charge in [0.05, 0.1) is 17.4 Å². The highest BCUT2D eigenvalue weighted by Crippen LogP contribution is 2.27. The summed E-state index contributed by atoms with van der Waals surface area (Å²) in [6.07, 6.45) is 2.17. The molecule has 2 N–H and O–H groups in total. The lowest BCUT2D eigenvalue weighted by atomic mass is 10.2. The third-order valence-electron chi connectivity index (χ3n) is 4.00. The van der Waals surface area contributed by atoms with Crippen molar-refractivity contribution in [1.29, 1.82) is 0 Å². The van der Waals surface area contributed by atoms with Crippen LogP contribution in [0.5, 0.6) is 5.95 Å². The SMILES string of the molecule is CC(NC(=O)Oc1cc2cc(Br)ccc2o1)c1nc(-c2ccncn2)cc(=O)[nH]1. The lowest BCUT2D eigenvalue weighted by Crippen LogP contribution is -2.31. The van der Waals surface area contributed by atoms with Gasteiger partial charge in [0, 0.05) is 28.2 Å². The molecule has 0 saturated heterocycles. The molecule has 0 fully saturated rings. The van der Waals surface area contributed by atoms with Gasteiger partial charge >= 0.3 is 6.09 Å². The minimum atomic E-state index is -0.745. The molecule has 4 rings (SSSR count). The van der Waals surface area contributed by atoms with Gasteiger partial charge in [0.15, 0.2) is 0 Å². The number of carbonyl (C=O) groups is 1. The van der Waals surface area contributed by atoms with Crippen molar-refractivity contribution in [2.24, 2.45) is 0 Å². The first-order valence-corrected chi connectivity index (χ1v) is 9.32. The molecular formula is C19H14BrN5O4. The van der Waals surface area contributed by atoms with E-state index in [4.69, 9.17) is 9.15 Å². The van der Waals surface area contributed by atoms with Crippen LogP contribution in [0.2, 0.25) is 0 Å². The first-order chi connectivity index (χ1) is 14.0. The van der Waals surface area contributed by atoms with Crippen LogP contribution < -0.4 is 15.6 Å². The molecule has 1 unspecified atom stereocenters. The van der Waals surface area contributed by atoms with Gasteiger partial charge in [0.1, 0.15) is 17.7 Å². The van der Waals surface area contributed by atoms with Gasteiger partial charge in [-0.25, -0.2) is 19.7 Å². The van der Waals surface area contributed by atoms with E-state index in [1.807, 2.05) is 12.1 Å². The van der Waals surface area contributed by atoms with E-state index < -0.39 is 12.1 Å². The number of carbonyl (C=O) groups excluding carboxylic acids is 1. The highest BCUT2D eigenvalue weighted by Gasteiger charge is 2.17. The minimum absolute atomic E-state index is 0.0546. The molecular weight excluding hydrogens is 442 g/mol. The van der Waals surface area contributed by atoms with Crippen LogP contribution in [0, 0.1) is 0 Å². The fourth-order valence-corrected chi connectivity index (χ4v) is 3.04. The average molecular weight is 456 g/mol. The Hall–Kier alpha value is -3.53. The van der Waals surface area contributed by atoms with Gasteiger partial charge in [-0.15, -0.1) is 0 Å². The van der Waals surface area contributed by atoms with Crippen molar-refractivity contribution in [1.82, 2.24) is 25.3 Å². The smallest absolute Gasteiger partial charge is 0.415 e. The van der Waals surface area contributed by atoms with E-state index in [2.05, 4.69) is 41.2 Å². The van der Waals surface area contributed by atoms with E-state index in [1.54, 1.807) is 31.3 Å². The number of amides is 1. The first kappa shape index (κ1) is 18.8. The Morgan fingerprint density at radius 1 is 1.24 bits per heavy atom. The standard InChI is InChI=1S/C19H14BrN5O4/c1-10(18-24-14(8-16(26)25-18)13-4-5-21-9-22-13)23-19(27)29-17-7-11-6-12(20)2-3-15(11)28-17/h2-10H,1H3,(H,23,27)(H,24,25,26). The molecule has 0 aliphatic carbocycles. The Morgan fingerprint density at radius 2 is 2.10 bits per heavy atom. The number of hydrogen-bond acceptors (Lipinski definition) is 7. The summed E-state index contributed by atoms with van der Waals surface area (Å²) in [6.45, 7) is 1.67. The number of rotatable bonds is 4.